The Labute approximate surface area is 206 Å². The number of thiazole rings is 1. The zero-order valence-corrected chi connectivity index (χ0v) is 20.2. The van der Waals surface area contributed by atoms with Crippen LogP contribution in [0.4, 0.5) is 10.9 Å². The van der Waals surface area contributed by atoms with Gasteiger partial charge < -0.3 is 10.5 Å². The molecule has 1 saturated carbocycles. The average molecular weight is 487 g/mol. The number of nitrogen functional groups attached to an aromatic ring is 1. The average Bonchev–Trinajstić information content (AvgIpc) is 3.25. The zero-order valence-electron chi connectivity index (χ0n) is 19.4. The Bertz CT molecular complexity index is 1450. The second-order valence-corrected chi connectivity index (χ2v) is 11.1. The third-order valence-electron chi connectivity index (χ3n) is 7.69. The standard InChI is InChI=1S/C26H26N6O2S/c1-13-2-7-18-19(10-13)35-26(29-18)31-25(33)15-5-3-14(4-6-15)21-22-23(27)28-8-9-32(22)24(30-21)20-16-11-34-12-17(16)20/h3-6,8-9,13,16-17,20H,2,7,10-12H2,1H3,(H2,27,28)(H,29,31,33)/t13?,16-,17+,20-. The molecular weight excluding hydrogens is 460 g/mol. The van der Waals surface area contributed by atoms with Crippen LogP contribution >= 0.6 is 11.3 Å². The quantitative estimate of drug-likeness (QED) is 0.448. The van der Waals surface area contributed by atoms with Gasteiger partial charge in [0.25, 0.3) is 5.91 Å². The van der Waals surface area contributed by atoms with Crippen molar-refractivity contribution < 1.29 is 9.53 Å². The maximum atomic E-state index is 12.9. The van der Waals surface area contributed by atoms with E-state index in [1.165, 1.54) is 4.88 Å². The molecular formula is C26H26N6O2S. The van der Waals surface area contributed by atoms with Crippen LogP contribution in [0, 0.1) is 17.8 Å². The van der Waals surface area contributed by atoms with Gasteiger partial charge in [0, 0.05) is 34.3 Å². The van der Waals surface area contributed by atoms with Crippen molar-refractivity contribution in [1.29, 1.82) is 0 Å². The number of ether oxygens (including phenoxy) is 1. The number of benzene rings is 1. The van der Waals surface area contributed by atoms with E-state index in [9.17, 15) is 4.79 Å². The molecule has 9 heteroatoms. The summed E-state index contributed by atoms with van der Waals surface area (Å²) in [5, 5.41) is 3.67. The lowest BCUT2D eigenvalue weighted by Gasteiger charge is -2.15. The highest BCUT2D eigenvalue weighted by Gasteiger charge is 2.56. The van der Waals surface area contributed by atoms with Crippen molar-refractivity contribution in [3.8, 4) is 11.3 Å². The Morgan fingerprint density at radius 1 is 1.20 bits per heavy atom. The molecule has 1 saturated heterocycles. The van der Waals surface area contributed by atoms with Crippen molar-refractivity contribution >= 4 is 33.7 Å². The number of rotatable bonds is 4. The normalized spacial score (nSPS) is 24.8. The third-order valence-corrected chi connectivity index (χ3v) is 8.72. The van der Waals surface area contributed by atoms with Gasteiger partial charge in [0.15, 0.2) is 5.13 Å². The lowest BCUT2D eigenvalue weighted by Crippen LogP contribution is -2.12. The fraction of sp³-hybridized carbons (Fsp3) is 0.385. The number of carbonyl (C=O) groups is 1. The number of anilines is 2. The second-order valence-electron chi connectivity index (χ2n) is 10.0. The van der Waals surface area contributed by atoms with Gasteiger partial charge in [0.2, 0.25) is 0 Å². The Kier molecular flexibility index (Phi) is 4.72. The van der Waals surface area contributed by atoms with Gasteiger partial charge in [-0.25, -0.2) is 15.0 Å². The molecule has 1 aromatic carbocycles. The molecule has 8 nitrogen and oxygen atoms in total. The molecule has 0 radical (unpaired) electrons. The molecule has 35 heavy (non-hydrogen) atoms. The van der Waals surface area contributed by atoms with E-state index in [0.717, 1.165) is 60.8 Å². The van der Waals surface area contributed by atoms with Gasteiger partial charge in [-0.3, -0.25) is 14.5 Å². The molecule has 1 aliphatic heterocycles. The van der Waals surface area contributed by atoms with Crippen LogP contribution in [-0.2, 0) is 17.6 Å². The van der Waals surface area contributed by atoms with Gasteiger partial charge in [0.05, 0.1) is 18.9 Å². The van der Waals surface area contributed by atoms with E-state index < -0.39 is 0 Å². The molecule has 4 atom stereocenters. The first-order chi connectivity index (χ1) is 17.1. The van der Waals surface area contributed by atoms with Crippen LogP contribution in [0.5, 0.6) is 0 Å². The summed E-state index contributed by atoms with van der Waals surface area (Å²) in [6.07, 6.45) is 6.85. The molecule has 0 bridgehead atoms. The predicted octanol–water partition coefficient (Wildman–Crippen LogP) is 4.17. The number of nitrogens with one attached hydrogen (secondary N) is 1. The van der Waals surface area contributed by atoms with Crippen LogP contribution in [0.15, 0.2) is 36.7 Å². The lowest BCUT2D eigenvalue weighted by molar-refractivity contribution is 0.102. The molecule has 4 heterocycles. The minimum absolute atomic E-state index is 0.155. The summed E-state index contributed by atoms with van der Waals surface area (Å²) in [7, 11) is 0. The van der Waals surface area contributed by atoms with Gasteiger partial charge in [-0.15, -0.1) is 11.3 Å². The van der Waals surface area contributed by atoms with E-state index in [0.29, 0.717) is 40.2 Å². The van der Waals surface area contributed by atoms with Crippen molar-refractivity contribution in [2.24, 2.45) is 17.8 Å². The van der Waals surface area contributed by atoms with Crippen LogP contribution in [-0.4, -0.2) is 38.5 Å². The summed E-state index contributed by atoms with van der Waals surface area (Å²) in [5.41, 5.74) is 10.5. The topological polar surface area (TPSA) is 107 Å². The van der Waals surface area contributed by atoms with E-state index in [1.807, 2.05) is 30.5 Å². The molecule has 2 aliphatic carbocycles. The zero-order chi connectivity index (χ0) is 23.7. The summed E-state index contributed by atoms with van der Waals surface area (Å²) in [5.74, 6) is 3.46. The number of hydrogen-bond donors (Lipinski definition) is 2. The van der Waals surface area contributed by atoms with E-state index in [2.05, 4.69) is 26.6 Å². The SMILES string of the molecule is CC1CCc2nc(NC(=O)c3ccc(-c4nc([C@@H]5[C@@H]6COC[C@@H]65)n5ccnc(N)c45)cc3)sc2C1. The summed E-state index contributed by atoms with van der Waals surface area (Å²) in [6, 6.07) is 7.52. The highest BCUT2D eigenvalue weighted by Crippen LogP contribution is 2.57. The van der Waals surface area contributed by atoms with Crippen LogP contribution in [0.25, 0.3) is 16.8 Å². The maximum Gasteiger partial charge on any atom is 0.257 e. The molecule has 178 valence electrons. The van der Waals surface area contributed by atoms with Crippen molar-refractivity contribution in [1.82, 2.24) is 19.4 Å². The molecule has 3 aliphatic rings. The van der Waals surface area contributed by atoms with Gasteiger partial charge in [-0.05, 0) is 49.1 Å². The fourth-order valence-corrected chi connectivity index (χ4v) is 6.85. The van der Waals surface area contributed by atoms with E-state index in [-0.39, 0.29) is 5.91 Å². The Balaban J connectivity index is 1.16. The molecule has 7 rings (SSSR count). The molecule has 1 unspecified atom stereocenters. The summed E-state index contributed by atoms with van der Waals surface area (Å²) in [6.45, 7) is 3.86. The molecule has 3 aromatic heterocycles. The molecule has 0 spiro atoms. The summed E-state index contributed by atoms with van der Waals surface area (Å²) in [4.78, 5) is 28.2. The molecule has 2 fully saturated rings. The Hall–Kier alpha value is -3.30. The van der Waals surface area contributed by atoms with E-state index in [1.54, 1.807) is 17.5 Å². The van der Waals surface area contributed by atoms with Gasteiger partial charge >= 0.3 is 0 Å². The van der Waals surface area contributed by atoms with Crippen molar-refractivity contribution in [3.63, 3.8) is 0 Å². The number of carbonyl (C=O) groups excluding carboxylic acids is 1. The van der Waals surface area contributed by atoms with Crippen molar-refractivity contribution in [3.05, 3.63) is 58.6 Å². The number of aromatic nitrogens is 4. The smallest absolute Gasteiger partial charge is 0.257 e. The predicted molar refractivity (Wildman–Crippen MR) is 135 cm³/mol. The first-order valence-corrected chi connectivity index (χ1v) is 13.0. The molecule has 1 amide bonds. The highest BCUT2D eigenvalue weighted by atomic mass is 32.1. The van der Waals surface area contributed by atoms with E-state index in [4.69, 9.17) is 15.5 Å². The number of aryl methyl sites for hydroxylation is 1. The van der Waals surface area contributed by atoms with Gasteiger partial charge in [-0.1, -0.05) is 19.1 Å². The number of fused-ring (bicyclic) bond motifs is 3. The Morgan fingerprint density at radius 2 is 2.00 bits per heavy atom. The van der Waals surface area contributed by atoms with Crippen LogP contribution < -0.4 is 11.1 Å². The van der Waals surface area contributed by atoms with Crippen LogP contribution in [0.1, 0.15) is 46.0 Å². The molecule has 3 N–H and O–H groups in total. The number of nitrogens with zero attached hydrogens (tertiary/aromatic N) is 4. The monoisotopic (exact) mass is 486 g/mol. The Morgan fingerprint density at radius 3 is 2.80 bits per heavy atom. The van der Waals surface area contributed by atoms with Gasteiger partial charge in [0.1, 0.15) is 22.9 Å². The highest BCUT2D eigenvalue weighted by molar-refractivity contribution is 7.15. The minimum Gasteiger partial charge on any atom is -0.382 e. The maximum absolute atomic E-state index is 12.9. The van der Waals surface area contributed by atoms with E-state index >= 15 is 0 Å². The molecule has 4 aromatic rings. The van der Waals surface area contributed by atoms with Crippen molar-refractivity contribution in [2.75, 3.05) is 24.3 Å². The fourth-order valence-electron chi connectivity index (χ4n) is 5.69. The number of nitrogens with two attached hydrogens (primary N) is 1. The largest absolute Gasteiger partial charge is 0.382 e. The first-order valence-electron chi connectivity index (χ1n) is 12.2. The number of amides is 1. The summed E-state index contributed by atoms with van der Waals surface area (Å²) < 4.78 is 7.65. The minimum atomic E-state index is -0.155. The van der Waals surface area contributed by atoms with Gasteiger partial charge in [-0.2, -0.15) is 0 Å². The lowest BCUT2D eigenvalue weighted by atomic mass is 9.93. The number of hydrogen-bond acceptors (Lipinski definition) is 7. The number of imidazole rings is 1. The van der Waals surface area contributed by atoms with Crippen LogP contribution in [0.2, 0.25) is 0 Å². The first kappa shape index (κ1) is 21.0. The summed E-state index contributed by atoms with van der Waals surface area (Å²) >= 11 is 1.60. The van der Waals surface area contributed by atoms with Crippen molar-refractivity contribution in [2.45, 2.75) is 32.1 Å². The second kappa shape index (κ2) is 7.86. The third kappa shape index (κ3) is 3.44. The van der Waals surface area contributed by atoms with Crippen LogP contribution in [0.3, 0.4) is 0 Å².